The molecule has 3 heteroatoms. The van der Waals surface area contributed by atoms with E-state index in [9.17, 15) is 4.21 Å². The number of rotatable bonds is 5. The van der Waals surface area contributed by atoms with Crippen LogP contribution in [0.25, 0.3) is 0 Å². The summed E-state index contributed by atoms with van der Waals surface area (Å²) in [5.74, 6) is 2.24. The highest BCUT2D eigenvalue weighted by Gasteiger charge is 2.23. The molecule has 0 amide bonds. The van der Waals surface area contributed by atoms with Gasteiger partial charge in [0.2, 0.25) is 0 Å². The van der Waals surface area contributed by atoms with Gasteiger partial charge >= 0.3 is 0 Å². The molecule has 1 aromatic rings. The zero-order valence-corrected chi connectivity index (χ0v) is 9.50. The summed E-state index contributed by atoms with van der Waals surface area (Å²) in [6.07, 6.45) is 2.52. The Morgan fingerprint density at radius 2 is 1.80 bits per heavy atom. The van der Waals surface area contributed by atoms with Crippen LogP contribution in [0.15, 0.2) is 24.3 Å². The number of hydrogen-bond donors (Lipinski definition) is 1. The molecule has 1 N–H and O–H groups in total. The molecule has 1 aromatic carbocycles. The van der Waals surface area contributed by atoms with E-state index >= 15 is 0 Å². The van der Waals surface area contributed by atoms with E-state index in [1.807, 2.05) is 24.3 Å². The Morgan fingerprint density at radius 3 is 2.33 bits per heavy atom. The fourth-order valence-corrected chi connectivity index (χ4v) is 3.07. The third-order valence-corrected chi connectivity index (χ3v) is 4.15. The number of benzene rings is 1. The quantitative estimate of drug-likeness (QED) is 0.828. The van der Waals surface area contributed by atoms with Crippen LogP contribution in [0.5, 0.6) is 0 Å². The van der Waals surface area contributed by atoms with E-state index in [0.717, 1.165) is 22.8 Å². The van der Waals surface area contributed by atoms with Gasteiger partial charge in [0.15, 0.2) is 0 Å². The van der Waals surface area contributed by atoms with Gasteiger partial charge in [0.05, 0.1) is 6.61 Å². The second-order valence-corrected chi connectivity index (χ2v) is 5.67. The van der Waals surface area contributed by atoms with Crippen LogP contribution < -0.4 is 0 Å². The van der Waals surface area contributed by atoms with E-state index in [1.165, 1.54) is 12.8 Å². The van der Waals surface area contributed by atoms with Crippen LogP contribution in [0.3, 0.4) is 0 Å². The van der Waals surface area contributed by atoms with Crippen molar-refractivity contribution in [3.8, 4) is 0 Å². The third kappa shape index (κ3) is 3.43. The number of aliphatic hydroxyl groups is 1. The second kappa shape index (κ2) is 4.90. The van der Waals surface area contributed by atoms with Gasteiger partial charge in [-0.15, -0.1) is 0 Å². The highest BCUT2D eigenvalue weighted by atomic mass is 32.2. The maximum absolute atomic E-state index is 11.7. The summed E-state index contributed by atoms with van der Waals surface area (Å²) in [5, 5.41) is 8.88. The Hall–Kier alpha value is -0.670. The zero-order chi connectivity index (χ0) is 10.7. The van der Waals surface area contributed by atoms with Crippen molar-refractivity contribution in [2.75, 3.05) is 5.75 Å². The standard InChI is InChI=1S/C12H16O2S/c13-7-10-1-3-11(4-2-10)8-15(14)9-12-5-6-12/h1-4,12-13H,5-9H2. The lowest BCUT2D eigenvalue weighted by Gasteiger charge is -2.02. The first-order chi connectivity index (χ1) is 7.28. The Kier molecular flexibility index (Phi) is 3.54. The van der Waals surface area contributed by atoms with Gasteiger partial charge in [-0.2, -0.15) is 0 Å². The average Bonchev–Trinajstić information content (AvgIpc) is 3.03. The van der Waals surface area contributed by atoms with Crippen molar-refractivity contribution in [1.82, 2.24) is 0 Å². The highest BCUT2D eigenvalue weighted by Crippen LogP contribution is 2.30. The smallest absolute Gasteiger partial charge is 0.0681 e. The van der Waals surface area contributed by atoms with E-state index in [-0.39, 0.29) is 6.61 Å². The Bertz CT molecular complexity index is 341. The molecule has 1 unspecified atom stereocenters. The van der Waals surface area contributed by atoms with Crippen molar-refractivity contribution < 1.29 is 9.32 Å². The van der Waals surface area contributed by atoms with Gasteiger partial charge in [-0.1, -0.05) is 24.3 Å². The first kappa shape index (κ1) is 10.8. The topological polar surface area (TPSA) is 37.3 Å². The van der Waals surface area contributed by atoms with E-state index in [2.05, 4.69) is 0 Å². The minimum atomic E-state index is -0.710. The lowest BCUT2D eigenvalue weighted by atomic mass is 10.2. The van der Waals surface area contributed by atoms with Crippen molar-refractivity contribution in [2.45, 2.75) is 25.2 Å². The molecule has 1 atom stereocenters. The lowest BCUT2D eigenvalue weighted by Crippen LogP contribution is -2.02. The van der Waals surface area contributed by atoms with Gasteiger partial charge < -0.3 is 5.11 Å². The molecule has 0 bridgehead atoms. The molecule has 0 radical (unpaired) electrons. The molecule has 0 heterocycles. The second-order valence-electron chi connectivity index (χ2n) is 4.17. The van der Waals surface area contributed by atoms with Crippen LogP contribution in [0.2, 0.25) is 0 Å². The highest BCUT2D eigenvalue weighted by molar-refractivity contribution is 7.84. The molecule has 1 aliphatic rings. The first-order valence-electron chi connectivity index (χ1n) is 5.31. The molecule has 2 nitrogen and oxygen atoms in total. The molecule has 2 rings (SSSR count). The fourth-order valence-electron chi connectivity index (χ4n) is 1.53. The maximum Gasteiger partial charge on any atom is 0.0681 e. The van der Waals surface area contributed by atoms with E-state index in [0.29, 0.717) is 5.75 Å². The predicted molar refractivity (Wildman–Crippen MR) is 61.8 cm³/mol. The molecule has 0 spiro atoms. The van der Waals surface area contributed by atoms with E-state index in [1.54, 1.807) is 0 Å². The summed E-state index contributed by atoms with van der Waals surface area (Å²) in [6, 6.07) is 7.69. The summed E-state index contributed by atoms with van der Waals surface area (Å²) < 4.78 is 11.7. The molecule has 0 aromatic heterocycles. The van der Waals surface area contributed by atoms with Crippen molar-refractivity contribution in [2.24, 2.45) is 5.92 Å². The van der Waals surface area contributed by atoms with Gasteiger partial charge in [-0.25, -0.2) is 0 Å². The first-order valence-corrected chi connectivity index (χ1v) is 6.80. The molecule has 82 valence electrons. The Morgan fingerprint density at radius 1 is 1.20 bits per heavy atom. The molecule has 0 saturated heterocycles. The minimum Gasteiger partial charge on any atom is -0.392 e. The van der Waals surface area contributed by atoms with Crippen molar-refractivity contribution >= 4 is 10.8 Å². The van der Waals surface area contributed by atoms with Crippen LogP contribution in [0.1, 0.15) is 24.0 Å². The van der Waals surface area contributed by atoms with Crippen molar-refractivity contribution in [3.63, 3.8) is 0 Å². The summed E-state index contributed by atoms with van der Waals surface area (Å²) in [6.45, 7) is 0.0748. The molecule has 1 saturated carbocycles. The van der Waals surface area contributed by atoms with Crippen LogP contribution >= 0.6 is 0 Å². The van der Waals surface area contributed by atoms with E-state index < -0.39 is 10.8 Å². The fraction of sp³-hybridized carbons (Fsp3) is 0.500. The summed E-state index contributed by atoms with van der Waals surface area (Å²) in [5.41, 5.74) is 2.01. The molecule has 1 fully saturated rings. The monoisotopic (exact) mass is 224 g/mol. The van der Waals surface area contributed by atoms with Gasteiger partial charge in [-0.3, -0.25) is 4.21 Å². The van der Waals surface area contributed by atoms with Crippen molar-refractivity contribution in [3.05, 3.63) is 35.4 Å². The normalized spacial score (nSPS) is 17.7. The van der Waals surface area contributed by atoms with Crippen molar-refractivity contribution in [1.29, 1.82) is 0 Å². The van der Waals surface area contributed by atoms with E-state index in [4.69, 9.17) is 5.11 Å². The van der Waals surface area contributed by atoms with Crippen LogP contribution in [-0.2, 0) is 23.2 Å². The molecule has 0 aliphatic heterocycles. The van der Waals surface area contributed by atoms with Crippen LogP contribution in [0, 0.1) is 5.92 Å². The summed E-state index contributed by atoms with van der Waals surface area (Å²) in [7, 11) is -0.710. The summed E-state index contributed by atoms with van der Waals surface area (Å²) >= 11 is 0. The third-order valence-electron chi connectivity index (χ3n) is 2.65. The molecule has 15 heavy (non-hydrogen) atoms. The Balaban J connectivity index is 1.88. The number of aliphatic hydroxyl groups excluding tert-OH is 1. The lowest BCUT2D eigenvalue weighted by molar-refractivity contribution is 0.282. The molecule has 1 aliphatic carbocycles. The summed E-state index contributed by atoms with van der Waals surface area (Å²) in [4.78, 5) is 0. The van der Waals surface area contributed by atoms with Crippen LogP contribution in [-0.4, -0.2) is 15.1 Å². The zero-order valence-electron chi connectivity index (χ0n) is 8.69. The van der Waals surface area contributed by atoms with Crippen LogP contribution in [0.4, 0.5) is 0 Å². The molecular formula is C12H16O2S. The average molecular weight is 224 g/mol. The predicted octanol–water partition coefficient (Wildman–Crippen LogP) is 1.84. The Labute approximate surface area is 92.8 Å². The van der Waals surface area contributed by atoms with Gasteiger partial charge in [0.25, 0.3) is 0 Å². The number of hydrogen-bond acceptors (Lipinski definition) is 2. The van der Waals surface area contributed by atoms with Gasteiger partial charge in [0.1, 0.15) is 0 Å². The SMILES string of the molecule is O=S(Cc1ccc(CO)cc1)CC1CC1. The van der Waals surface area contributed by atoms with Gasteiger partial charge in [-0.05, 0) is 29.9 Å². The largest absolute Gasteiger partial charge is 0.392 e. The molecular weight excluding hydrogens is 208 g/mol. The van der Waals surface area contributed by atoms with Gasteiger partial charge in [0, 0.05) is 22.3 Å². The minimum absolute atomic E-state index is 0.0748. The maximum atomic E-state index is 11.7.